The molecule has 0 unspecified atom stereocenters. The van der Waals surface area contributed by atoms with Crippen molar-refractivity contribution >= 4 is 11.8 Å². The van der Waals surface area contributed by atoms with Crippen LogP contribution >= 0.6 is 0 Å². The zero-order valence-corrected chi connectivity index (χ0v) is 16.6. The van der Waals surface area contributed by atoms with E-state index in [0.717, 1.165) is 38.9 Å². The predicted molar refractivity (Wildman–Crippen MR) is 104 cm³/mol. The molecular weight excluding hydrogens is 356 g/mol. The normalized spacial score (nSPS) is 30.8. The van der Waals surface area contributed by atoms with Crippen molar-refractivity contribution < 1.29 is 14.7 Å². The van der Waals surface area contributed by atoms with Gasteiger partial charge in [0.05, 0.1) is 12.1 Å². The molecule has 1 aliphatic carbocycles. The number of carbonyl (C=O) groups excluding carboxylic acids is 2. The van der Waals surface area contributed by atoms with Crippen molar-refractivity contribution in [3.63, 3.8) is 0 Å². The number of carbonyl (C=O) groups is 2. The zero-order valence-electron chi connectivity index (χ0n) is 16.6. The minimum Gasteiger partial charge on any atom is -0.391 e. The Kier molecular flexibility index (Phi) is 5.99. The molecule has 0 bridgehead atoms. The number of amides is 2. The van der Waals surface area contributed by atoms with Gasteiger partial charge >= 0.3 is 0 Å². The fraction of sp³-hybridized carbons (Fsp3) is 0.762. The molecule has 0 aromatic carbocycles. The van der Waals surface area contributed by atoms with Crippen molar-refractivity contribution in [3.05, 3.63) is 18.5 Å². The average molecular weight is 389 g/mol. The third-order valence-corrected chi connectivity index (χ3v) is 6.84. The zero-order chi connectivity index (χ0) is 19.5. The van der Waals surface area contributed by atoms with Crippen molar-refractivity contribution in [2.24, 2.45) is 11.8 Å². The predicted octanol–water partition coefficient (Wildman–Crippen LogP) is 1.84. The van der Waals surface area contributed by atoms with Crippen LogP contribution in [-0.4, -0.2) is 68.8 Å². The minimum atomic E-state index is -0.416. The Balaban J connectivity index is 1.28. The molecule has 4 rings (SSSR count). The maximum Gasteiger partial charge on any atom is 0.223 e. The highest BCUT2D eigenvalue weighted by Crippen LogP contribution is 2.41. The van der Waals surface area contributed by atoms with Crippen molar-refractivity contribution in [1.29, 1.82) is 0 Å². The number of aromatic nitrogens is 2. The smallest absolute Gasteiger partial charge is 0.223 e. The molecule has 2 saturated heterocycles. The molecule has 28 heavy (non-hydrogen) atoms. The Morgan fingerprint density at radius 1 is 0.929 bits per heavy atom. The van der Waals surface area contributed by atoms with E-state index in [0.29, 0.717) is 37.6 Å². The number of likely N-dealkylation sites (tertiary alicyclic amines) is 2. The monoisotopic (exact) mass is 388 g/mol. The molecule has 154 valence electrons. The highest BCUT2D eigenvalue weighted by atomic mass is 16.3. The molecule has 2 aliphatic heterocycles. The number of aliphatic hydroxyl groups excluding tert-OH is 1. The SMILES string of the molecule is O=C(CCC(=O)N1C[C@H]2C[C@@H](n3cccn3)[C@H](O)C[C@H]2C1)N1CCCCCC1. The van der Waals surface area contributed by atoms with Crippen LogP contribution in [0, 0.1) is 11.8 Å². The van der Waals surface area contributed by atoms with E-state index in [1.807, 2.05) is 26.7 Å². The van der Waals surface area contributed by atoms with Crippen LogP contribution in [0.25, 0.3) is 0 Å². The second-order valence-electron chi connectivity index (χ2n) is 8.71. The van der Waals surface area contributed by atoms with Crippen molar-refractivity contribution in [2.45, 2.75) is 63.5 Å². The summed E-state index contributed by atoms with van der Waals surface area (Å²) in [6.45, 7) is 3.14. The summed E-state index contributed by atoms with van der Waals surface area (Å²) in [5, 5.41) is 14.8. The third kappa shape index (κ3) is 4.24. The average Bonchev–Trinajstić information content (AvgIpc) is 3.28. The molecule has 0 radical (unpaired) electrons. The largest absolute Gasteiger partial charge is 0.391 e. The first-order valence-corrected chi connectivity index (χ1v) is 10.8. The van der Waals surface area contributed by atoms with Gasteiger partial charge in [0.2, 0.25) is 11.8 Å². The molecule has 2 amide bonds. The summed E-state index contributed by atoms with van der Waals surface area (Å²) in [5.41, 5.74) is 0. The maximum atomic E-state index is 12.7. The molecule has 7 heteroatoms. The summed E-state index contributed by atoms with van der Waals surface area (Å²) in [5.74, 6) is 0.971. The van der Waals surface area contributed by atoms with E-state index in [1.165, 1.54) is 12.8 Å². The van der Waals surface area contributed by atoms with Gasteiger partial charge in [-0.15, -0.1) is 0 Å². The Labute approximate surface area is 166 Å². The molecule has 1 N–H and O–H groups in total. The van der Waals surface area contributed by atoms with Crippen LogP contribution in [0.4, 0.5) is 0 Å². The second kappa shape index (κ2) is 8.64. The molecule has 0 spiro atoms. The first kappa shape index (κ1) is 19.4. The van der Waals surface area contributed by atoms with Gasteiger partial charge < -0.3 is 14.9 Å². The Hall–Kier alpha value is -1.89. The Morgan fingerprint density at radius 2 is 1.57 bits per heavy atom. The van der Waals surface area contributed by atoms with E-state index in [9.17, 15) is 14.7 Å². The van der Waals surface area contributed by atoms with Gasteiger partial charge in [0, 0.05) is 51.4 Å². The standard InChI is InChI=1S/C21H32N4O3/c26-19-13-17-15-24(14-16(17)12-18(19)25-11-5-8-22-25)21(28)7-6-20(27)23-9-3-1-2-4-10-23/h5,8,11,16-19,26H,1-4,6-7,9-10,12-15H2/t16-,17+,18-,19-/m1/s1. The molecule has 1 aromatic rings. The van der Waals surface area contributed by atoms with Gasteiger partial charge in [0.25, 0.3) is 0 Å². The highest BCUT2D eigenvalue weighted by Gasteiger charge is 2.43. The topological polar surface area (TPSA) is 78.7 Å². The van der Waals surface area contributed by atoms with Crippen LogP contribution in [0.1, 0.15) is 57.4 Å². The summed E-state index contributed by atoms with van der Waals surface area (Å²) in [6, 6.07) is 1.88. The summed E-state index contributed by atoms with van der Waals surface area (Å²) in [6.07, 6.45) is 9.98. The minimum absolute atomic E-state index is 0.00378. The molecular formula is C21H32N4O3. The van der Waals surface area contributed by atoms with E-state index in [2.05, 4.69) is 5.10 Å². The lowest BCUT2D eigenvalue weighted by atomic mass is 9.77. The van der Waals surface area contributed by atoms with Crippen LogP contribution in [0.2, 0.25) is 0 Å². The highest BCUT2D eigenvalue weighted by molar-refractivity contribution is 5.84. The van der Waals surface area contributed by atoms with Crippen molar-refractivity contribution in [2.75, 3.05) is 26.2 Å². The quantitative estimate of drug-likeness (QED) is 0.854. The summed E-state index contributed by atoms with van der Waals surface area (Å²) in [4.78, 5) is 29.0. The number of hydrogen-bond donors (Lipinski definition) is 1. The van der Waals surface area contributed by atoms with E-state index < -0.39 is 6.10 Å². The van der Waals surface area contributed by atoms with E-state index >= 15 is 0 Å². The van der Waals surface area contributed by atoms with Gasteiger partial charge in [-0.2, -0.15) is 5.10 Å². The van der Waals surface area contributed by atoms with E-state index in [4.69, 9.17) is 0 Å². The first-order valence-electron chi connectivity index (χ1n) is 10.8. The summed E-state index contributed by atoms with van der Waals surface area (Å²) in [7, 11) is 0. The first-order chi connectivity index (χ1) is 13.6. The fourth-order valence-corrected chi connectivity index (χ4v) is 5.22. The van der Waals surface area contributed by atoms with Gasteiger partial charge in [-0.05, 0) is 43.6 Å². The molecule has 7 nitrogen and oxygen atoms in total. The third-order valence-electron chi connectivity index (χ3n) is 6.84. The van der Waals surface area contributed by atoms with Gasteiger partial charge in [-0.3, -0.25) is 14.3 Å². The van der Waals surface area contributed by atoms with Crippen LogP contribution in [0.3, 0.4) is 0 Å². The van der Waals surface area contributed by atoms with Gasteiger partial charge in [-0.25, -0.2) is 0 Å². The van der Waals surface area contributed by atoms with Gasteiger partial charge in [-0.1, -0.05) is 12.8 Å². The number of rotatable bonds is 4. The number of nitrogens with zero attached hydrogens (tertiary/aromatic N) is 4. The Bertz CT molecular complexity index is 669. The van der Waals surface area contributed by atoms with Crippen LogP contribution < -0.4 is 0 Å². The van der Waals surface area contributed by atoms with Crippen LogP contribution in [0.5, 0.6) is 0 Å². The summed E-state index contributed by atoms with van der Waals surface area (Å²) < 4.78 is 1.85. The Morgan fingerprint density at radius 3 is 2.21 bits per heavy atom. The van der Waals surface area contributed by atoms with Crippen molar-refractivity contribution in [3.8, 4) is 0 Å². The number of aliphatic hydroxyl groups is 1. The molecule has 1 saturated carbocycles. The van der Waals surface area contributed by atoms with E-state index in [-0.39, 0.29) is 17.9 Å². The second-order valence-corrected chi connectivity index (χ2v) is 8.71. The number of hydrogen-bond acceptors (Lipinski definition) is 4. The molecule has 3 heterocycles. The fourth-order valence-electron chi connectivity index (χ4n) is 5.22. The van der Waals surface area contributed by atoms with Crippen LogP contribution in [-0.2, 0) is 9.59 Å². The lowest BCUT2D eigenvalue weighted by Crippen LogP contribution is -2.36. The van der Waals surface area contributed by atoms with Gasteiger partial charge in [0.1, 0.15) is 0 Å². The maximum absolute atomic E-state index is 12.7. The van der Waals surface area contributed by atoms with Crippen LogP contribution in [0.15, 0.2) is 18.5 Å². The number of fused-ring (bicyclic) bond motifs is 1. The van der Waals surface area contributed by atoms with Gasteiger partial charge in [0.15, 0.2) is 0 Å². The van der Waals surface area contributed by atoms with Crippen molar-refractivity contribution in [1.82, 2.24) is 19.6 Å². The molecule has 3 aliphatic rings. The van der Waals surface area contributed by atoms with E-state index in [1.54, 1.807) is 6.20 Å². The molecule has 4 atom stereocenters. The summed E-state index contributed by atoms with van der Waals surface area (Å²) >= 11 is 0. The molecule has 3 fully saturated rings. The lowest BCUT2D eigenvalue weighted by Gasteiger charge is -2.35. The molecule has 1 aromatic heterocycles. The lowest BCUT2D eigenvalue weighted by molar-refractivity contribution is -0.136.